The molecule has 0 unspecified atom stereocenters. The maximum absolute atomic E-state index is 5.59. The van der Waals surface area contributed by atoms with E-state index in [-0.39, 0.29) is 0 Å². The highest BCUT2D eigenvalue weighted by Crippen LogP contribution is 2.31. The minimum atomic E-state index is 0.634. The predicted molar refractivity (Wildman–Crippen MR) is 121 cm³/mol. The Bertz CT molecular complexity index is 1120. The number of aromatic nitrogens is 4. The van der Waals surface area contributed by atoms with Crippen LogP contribution >= 0.6 is 23.1 Å². The Morgan fingerprint density at radius 3 is 2.60 bits per heavy atom. The molecule has 0 spiro atoms. The van der Waals surface area contributed by atoms with Crippen LogP contribution in [-0.2, 0) is 5.75 Å². The van der Waals surface area contributed by atoms with Crippen LogP contribution in [0.2, 0.25) is 0 Å². The fraction of sp³-hybridized carbons (Fsp3) is 0.227. The first-order valence-electron chi connectivity index (χ1n) is 9.55. The molecule has 0 aliphatic rings. The number of aryl methyl sites for hydroxylation is 1. The largest absolute Gasteiger partial charge is 0.497 e. The van der Waals surface area contributed by atoms with Crippen molar-refractivity contribution >= 4 is 23.1 Å². The Morgan fingerprint density at radius 1 is 1.07 bits per heavy atom. The summed E-state index contributed by atoms with van der Waals surface area (Å²) in [6.07, 6.45) is 0. The summed E-state index contributed by atoms with van der Waals surface area (Å²) in [7, 11) is 1.66. The standard InChI is InChI=1S/C22H22N4O2S2/c1-4-28-19-10-8-18(9-11-19)26-21(16-6-5-7-20(12-16)27-3)24-25-22(26)30-14-17-13-29-15(2)23-17/h5-13H,4,14H2,1-3H3. The Balaban J connectivity index is 1.73. The van der Waals surface area contributed by atoms with Crippen LogP contribution < -0.4 is 9.47 Å². The van der Waals surface area contributed by atoms with Crippen molar-refractivity contribution in [1.29, 1.82) is 0 Å². The van der Waals surface area contributed by atoms with Crippen LogP contribution in [0.3, 0.4) is 0 Å². The molecule has 2 aromatic heterocycles. The van der Waals surface area contributed by atoms with Gasteiger partial charge in [-0.15, -0.1) is 21.5 Å². The van der Waals surface area contributed by atoms with Crippen molar-refractivity contribution in [2.45, 2.75) is 24.8 Å². The molecule has 30 heavy (non-hydrogen) atoms. The lowest BCUT2D eigenvalue weighted by Gasteiger charge is -2.12. The summed E-state index contributed by atoms with van der Waals surface area (Å²) in [6.45, 7) is 4.63. The molecule has 2 heterocycles. The van der Waals surface area contributed by atoms with Crippen molar-refractivity contribution in [3.8, 4) is 28.6 Å². The van der Waals surface area contributed by atoms with Crippen molar-refractivity contribution in [3.63, 3.8) is 0 Å². The third-order valence-corrected chi connectivity index (χ3v) is 6.17. The van der Waals surface area contributed by atoms with Gasteiger partial charge >= 0.3 is 0 Å². The number of hydrogen-bond acceptors (Lipinski definition) is 7. The predicted octanol–water partition coefficient (Wildman–Crippen LogP) is 5.40. The first-order valence-corrected chi connectivity index (χ1v) is 11.4. The minimum absolute atomic E-state index is 0.634. The quantitative estimate of drug-likeness (QED) is 0.343. The monoisotopic (exact) mass is 438 g/mol. The number of thiazole rings is 1. The van der Waals surface area contributed by atoms with Crippen LogP contribution in [0.5, 0.6) is 11.5 Å². The zero-order valence-electron chi connectivity index (χ0n) is 17.0. The van der Waals surface area contributed by atoms with Gasteiger partial charge in [-0.25, -0.2) is 4.98 Å². The highest BCUT2D eigenvalue weighted by atomic mass is 32.2. The summed E-state index contributed by atoms with van der Waals surface area (Å²) in [5.74, 6) is 3.11. The summed E-state index contributed by atoms with van der Waals surface area (Å²) in [5.41, 5.74) is 2.96. The van der Waals surface area contributed by atoms with Gasteiger partial charge in [0, 0.05) is 22.4 Å². The summed E-state index contributed by atoms with van der Waals surface area (Å²) in [4.78, 5) is 4.56. The van der Waals surface area contributed by atoms with Crippen LogP contribution in [0, 0.1) is 6.92 Å². The van der Waals surface area contributed by atoms with E-state index in [0.717, 1.165) is 50.2 Å². The lowest BCUT2D eigenvalue weighted by molar-refractivity contribution is 0.340. The van der Waals surface area contributed by atoms with Crippen molar-refractivity contribution in [1.82, 2.24) is 19.7 Å². The molecule has 0 bridgehead atoms. The van der Waals surface area contributed by atoms with Gasteiger partial charge in [0.1, 0.15) is 11.5 Å². The van der Waals surface area contributed by atoms with Crippen LogP contribution in [-0.4, -0.2) is 33.5 Å². The second kappa shape index (κ2) is 9.32. The number of ether oxygens (including phenoxy) is 2. The molecule has 0 amide bonds. The number of methoxy groups -OCH3 is 1. The molecule has 0 N–H and O–H groups in total. The van der Waals surface area contributed by atoms with Gasteiger partial charge in [-0.2, -0.15) is 0 Å². The fourth-order valence-corrected chi connectivity index (χ4v) is 4.58. The third kappa shape index (κ3) is 4.49. The van der Waals surface area contributed by atoms with Gasteiger partial charge in [0.05, 0.1) is 24.4 Å². The molecule has 0 atom stereocenters. The molecule has 0 aliphatic heterocycles. The van der Waals surface area contributed by atoms with E-state index in [0.29, 0.717) is 6.61 Å². The molecule has 0 fully saturated rings. The van der Waals surface area contributed by atoms with Crippen molar-refractivity contribution in [2.75, 3.05) is 13.7 Å². The normalized spacial score (nSPS) is 10.9. The molecular formula is C22H22N4O2S2. The van der Waals surface area contributed by atoms with Crippen LogP contribution in [0.15, 0.2) is 59.1 Å². The van der Waals surface area contributed by atoms with Crippen LogP contribution in [0.1, 0.15) is 17.6 Å². The van der Waals surface area contributed by atoms with Crippen LogP contribution in [0.25, 0.3) is 17.1 Å². The summed E-state index contributed by atoms with van der Waals surface area (Å²) in [6, 6.07) is 15.8. The maximum Gasteiger partial charge on any atom is 0.196 e. The third-order valence-electron chi connectivity index (χ3n) is 4.38. The number of thioether (sulfide) groups is 1. The molecule has 8 heteroatoms. The van der Waals surface area contributed by atoms with Gasteiger partial charge in [0.25, 0.3) is 0 Å². The molecule has 0 aliphatic carbocycles. The van der Waals surface area contributed by atoms with Gasteiger partial charge in [0.2, 0.25) is 0 Å². The van der Waals surface area contributed by atoms with Crippen molar-refractivity contribution in [2.24, 2.45) is 0 Å². The fourth-order valence-electron chi connectivity index (χ4n) is 3.02. The Morgan fingerprint density at radius 2 is 1.90 bits per heavy atom. The van der Waals surface area contributed by atoms with E-state index in [9.17, 15) is 0 Å². The van der Waals surface area contributed by atoms with Gasteiger partial charge in [-0.3, -0.25) is 4.57 Å². The van der Waals surface area contributed by atoms with Crippen LogP contribution in [0.4, 0.5) is 0 Å². The maximum atomic E-state index is 5.59. The van der Waals surface area contributed by atoms with Gasteiger partial charge in [-0.05, 0) is 50.2 Å². The van der Waals surface area contributed by atoms with E-state index >= 15 is 0 Å². The smallest absolute Gasteiger partial charge is 0.196 e. The second-order valence-electron chi connectivity index (χ2n) is 6.45. The number of rotatable bonds is 8. The van der Waals surface area contributed by atoms with Crippen molar-refractivity contribution < 1.29 is 9.47 Å². The molecule has 0 saturated heterocycles. The second-order valence-corrected chi connectivity index (χ2v) is 8.45. The van der Waals surface area contributed by atoms with E-state index in [1.165, 1.54) is 0 Å². The molecular weight excluding hydrogens is 416 g/mol. The average molecular weight is 439 g/mol. The minimum Gasteiger partial charge on any atom is -0.497 e. The topological polar surface area (TPSA) is 62.1 Å². The number of hydrogen-bond donors (Lipinski definition) is 0. The number of nitrogens with zero attached hydrogens (tertiary/aromatic N) is 4. The number of benzene rings is 2. The van der Waals surface area contributed by atoms with Gasteiger partial charge in [0.15, 0.2) is 11.0 Å². The average Bonchev–Trinajstić information content (AvgIpc) is 3.39. The summed E-state index contributed by atoms with van der Waals surface area (Å²) < 4.78 is 13.0. The first-order chi connectivity index (χ1) is 14.7. The summed E-state index contributed by atoms with van der Waals surface area (Å²) in [5, 5.41) is 12.9. The highest BCUT2D eigenvalue weighted by molar-refractivity contribution is 7.98. The molecule has 0 saturated carbocycles. The molecule has 4 aromatic rings. The lowest BCUT2D eigenvalue weighted by Crippen LogP contribution is -2.00. The van der Waals surface area contributed by atoms with E-state index < -0.39 is 0 Å². The molecule has 0 radical (unpaired) electrons. The Hall–Kier alpha value is -2.84. The zero-order valence-corrected chi connectivity index (χ0v) is 18.7. The highest BCUT2D eigenvalue weighted by Gasteiger charge is 2.17. The summed E-state index contributed by atoms with van der Waals surface area (Å²) >= 11 is 3.28. The zero-order chi connectivity index (χ0) is 20.9. The molecule has 4 rings (SSSR count). The molecule has 154 valence electrons. The van der Waals surface area contributed by atoms with E-state index in [2.05, 4.69) is 25.1 Å². The van der Waals surface area contributed by atoms with E-state index in [1.807, 2.05) is 62.4 Å². The Labute approximate surface area is 183 Å². The SMILES string of the molecule is CCOc1ccc(-n2c(SCc3csc(C)n3)nnc2-c2cccc(OC)c2)cc1. The lowest BCUT2D eigenvalue weighted by atomic mass is 10.2. The van der Waals surface area contributed by atoms with E-state index in [4.69, 9.17) is 9.47 Å². The Kier molecular flexibility index (Phi) is 6.35. The van der Waals surface area contributed by atoms with Gasteiger partial charge < -0.3 is 9.47 Å². The van der Waals surface area contributed by atoms with Gasteiger partial charge in [-0.1, -0.05) is 23.9 Å². The first kappa shape index (κ1) is 20.4. The molecule has 2 aromatic carbocycles. The van der Waals surface area contributed by atoms with Crippen molar-refractivity contribution in [3.05, 3.63) is 64.6 Å². The van der Waals surface area contributed by atoms with E-state index in [1.54, 1.807) is 30.2 Å². The molecule has 6 nitrogen and oxygen atoms in total.